The number of nitrogens with two attached hydrogens (primary N) is 1. The van der Waals surface area contributed by atoms with Crippen molar-refractivity contribution in [2.24, 2.45) is 5.92 Å². The Kier molecular flexibility index (Phi) is 3.36. The van der Waals surface area contributed by atoms with E-state index in [9.17, 15) is 4.79 Å². The lowest BCUT2D eigenvalue weighted by Crippen LogP contribution is -2.26. The Bertz CT molecular complexity index is 428. The second-order valence-electron chi connectivity index (χ2n) is 4.94. The van der Waals surface area contributed by atoms with E-state index in [2.05, 4.69) is 12.2 Å². The fourth-order valence-corrected chi connectivity index (χ4v) is 2.15. The number of carbonyl (C=O) groups excluding carboxylic acids is 1. The number of aryl methyl sites for hydroxylation is 1. The summed E-state index contributed by atoms with van der Waals surface area (Å²) in [6, 6.07) is 5.85. The monoisotopic (exact) mass is 232 g/mol. The molecule has 1 aliphatic rings. The highest BCUT2D eigenvalue weighted by Gasteiger charge is 2.37. The molecule has 0 spiro atoms. The van der Waals surface area contributed by atoms with Gasteiger partial charge in [-0.2, -0.15) is 0 Å². The minimum absolute atomic E-state index is 0.000281. The molecule has 1 saturated carbocycles. The van der Waals surface area contributed by atoms with Gasteiger partial charge in [0.15, 0.2) is 0 Å². The fraction of sp³-hybridized carbons (Fsp3) is 0.500. The van der Waals surface area contributed by atoms with Crippen molar-refractivity contribution in [3.63, 3.8) is 0 Å². The fourth-order valence-electron chi connectivity index (χ4n) is 2.15. The summed E-state index contributed by atoms with van der Waals surface area (Å²) in [6.07, 6.45) is 3.52. The molecule has 0 saturated heterocycles. The van der Waals surface area contributed by atoms with Gasteiger partial charge >= 0.3 is 0 Å². The Labute approximate surface area is 102 Å². The van der Waals surface area contributed by atoms with Crippen molar-refractivity contribution in [1.29, 1.82) is 0 Å². The summed E-state index contributed by atoms with van der Waals surface area (Å²) >= 11 is 0. The molecule has 0 radical (unpaired) electrons. The number of nitrogen functional groups attached to an aromatic ring is 1. The van der Waals surface area contributed by atoms with Crippen molar-refractivity contribution in [2.75, 3.05) is 5.73 Å². The van der Waals surface area contributed by atoms with Gasteiger partial charge in [0.05, 0.1) is 0 Å². The molecule has 0 aliphatic heterocycles. The third kappa shape index (κ3) is 2.78. The predicted octanol–water partition coefficient (Wildman–Crippen LogP) is 2.50. The topological polar surface area (TPSA) is 55.1 Å². The van der Waals surface area contributed by atoms with Crippen LogP contribution in [0.1, 0.15) is 42.1 Å². The van der Waals surface area contributed by atoms with E-state index in [1.54, 1.807) is 6.07 Å². The van der Waals surface area contributed by atoms with Gasteiger partial charge in [-0.15, -0.1) is 0 Å². The Morgan fingerprint density at radius 2 is 2.29 bits per heavy atom. The van der Waals surface area contributed by atoms with Crippen molar-refractivity contribution >= 4 is 11.6 Å². The molecule has 1 aliphatic carbocycles. The molecule has 1 fully saturated rings. The van der Waals surface area contributed by atoms with Crippen LogP contribution in [0.15, 0.2) is 18.2 Å². The lowest BCUT2D eigenvalue weighted by atomic mass is 10.1. The number of hydrogen-bond donors (Lipinski definition) is 2. The van der Waals surface area contributed by atoms with Gasteiger partial charge in [0.1, 0.15) is 0 Å². The molecule has 2 rings (SSSR count). The van der Waals surface area contributed by atoms with Gasteiger partial charge < -0.3 is 11.1 Å². The smallest absolute Gasteiger partial charge is 0.251 e. The molecule has 3 N–H and O–H groups in total. The van der Waals surface area contributed by atoms with Gasteiger partial charge in [-0.05, 0) is 43.4 Å². The van der Waals surface area contributed by atoms with Crippen LogP contribution in [0.3, 0.4) is 0 Å². The Morgan fingerprint density at radius 1 is 1.53 bits per heavy atom. The van der Waals surface area contributed by atoms with Crippen molar-refractivity contribution in [3.8, 4) is 0 Å². The number of rotatable bonds is 4. The average Bonchev–Trinajstić information content (AvgIpc) is 3.01. The normalized spacial score (nSPS) is 22.2. The largest absolute Gasteiger partial charge is 0.398 e. The first-order valence-electron chi connectivity index (χ1n) is 6.28. The summed E-state index contributed by atoms with van der Waals surface area (Å²) < 4.78 is 0. The first-order chi connectivity index (χ1) is 8.11. The van der Waals surface area contributed by atoms with Crippen LogP contribution in [0, 0.1) is 12.8 Å². The summed E-state index contributed by atoms with van der Waals surface area (Å²) in [6.45, 7) is 4.12. The van der Waals surface area contributed by atoms with Crippen LogP contribution >= 0.6 is 0 Å². The molecule has 92 valence electrons. The van der Waals surface area contributed by atoms with Crippen LogP contribution in [-0.2, 0) is 0 Å². The highest BCUT2D eigenvalue weighted by atomic mass is 16.1. The molecule has 0 bridgehead atoms. The number of amides is 1. The Balaban J connectivity index is 1.94. The predicted molar refractivity (Wildman–Crippen MR) is 69.9 cm³/mol. The van der Waals surface area contributed by atoms with E-state index >= 15 is 0 Å². The number of anilines is 1. The van der Waals surface area contributed by atoms with E-state index in [4.69, 9.17) is 5.73 Å². The Hall–Kier alpha value is -1.51. The third-order valence-electron chi connectivity index (χ3n) is 3.44. The summed E-state index contributed by atoms with van der Waals surface area (Å²) in [7, 11) is 0. The van der Waals surface area contributed by atoms with Crippen LogP contribution in [0.4, 0.5) is 5.69 Å². The maximum atomic E-state index is 11.9. The Morgan fingerprint density at radius 3 is 2.94 bits per heavy atom. The summed E-state index contributed by atoms with van der Waals surface area (Å²) in [5.74, 6) is 0.687. The van der Waals surface area contributed by atoms with Gasteiger partial charge in [0, 0.05) is 17.3 Å². The average molecular weight is 232 g/mol. The van der Waals surface area contributed by atoms with Gasteiger partial charge in [0.25, 0.3) is 5.91 Å². The van der Waals surface area contributed by atoms with E-state index in [-0.39, 0.29) is 5.91 Å². The van der Waals surface area contributed by atoms with Gasteiger partial charge in [-0.25, -0.2) is 0 Å². The van der Waals surface area contributed by atoms with E-state index in [0.29, 0.717) is 23.2 Å². The van der Waals surface area contributed by atoms with Crippen LogP contribution in [0.25, 0.3) is 0 Å². The molecular weight excluding hydrogens is 212 g/mol. The van der Waals surface area contributed by atoms with E-state index in [1.165, 1.54) is 12.8 Å². The van der Waals surface area contributed by atoms with Crippen molar-refractivity contribution in [3.05, 3.63) is 29.3 Å². The highest BCUT2D eigenvalue weighted by molar-refractivity contribution is 5.95. The number of carbonyl (C=O) groups is 1. The standard InChI is InChI=1S/C14H20N2O/c1-3-4-10-8-13(10)16-14(17)11-6-5-9(2)12(15)7-11/h5-7,10,13H,3-4,8,15H2,1-2H3,(H,16,17). The molecule has 2 unspecified atom stereocenters. The number of hydrogen-bond acceptors (Lipinski definition) is 2. The molecule has 1 amide bonds. The quantitative estimate of drug-likeness (QED) is 0.784. The zero-order valence-electron chi connectivity index (χ0n) is 10.5. The minimum atomic E-state index is 0.000281. The summed E-state index contributed by atoms with van der Waals surface area (Å²) in [5, 5.41) is 3.06. The first kappa shape index (κ1) is 12.0. The van der Waals surface area contributed by atoms with Gasteiger partial charge in [-0.3, -0.25) is 4.79 Å². The minimum Gasteiger partial charge on any atom is -0.398 e. The zero-order chi connectivity index (χ0) is 12.4. The molecular formula is C14H20N2O. The maximum Gasteiger partial charge on any atom is 0.251 e. The maximum absolute atomic E-state index is 11.9. The van der Waals surface area contributed by atoms with Crippen LogP contribution < -0.4 is 11.1 Å². The summed E-state index contributed by atoms with van der Waals surface area (Å²) in [5.41, 5.74) is 8.15. The van der Waals surface area contributed by atoms with Crippen LogP contribution in [0.5, 0.6) is 0 Å². The molecule has 0 aromatic heterocycles. The molecule has 17 heavy (non-hydrogen) atoms. The molecule has 3 nitrogen and oxygen atoms in total. The molecule has 3 heteroatoms. The van der Waals surface area contributed by atoms with Crippen LogP contribution in [-0.4, -0.2) is 11.9 Å². The molecule has 1 aromatic rings. The lowest BCUT2D eigenvalue weighted by Gasteiger charge is -2.06. The second-order valence-corrected chi connectivity index (χ2v) is 4.94. The molecule has 2 atom stereocenters. The third-order valence-corrected chi connectivity index (χ3v) is 3.44. The number of benzene rings is 1. The molecule has 1 aromatic carbocycles. The highest BCUT2D eigenvalue weighted by Crippen LogP contribution is 2.34. The van der Waals surface area contributed by atoms with Crippen molar-refractivity contribution < 1.29 is 4.79 Å². The van der Waals surface area contributed by atoms with Crippen LogP contribution in [0.2, 0.25) is 0 Å². The summed E-state index contributed by atoms with van der Waals surface area (Å²) in [4.78, 5) is 11.9. The number of nitrogens with one attached hydrogen (secondary N) is 1. The lowest BCUT2D eigenvalue weighted by molar-refractivity contribution is 0.0949. The van der Waals surface area contributed by atoms with Gasteiger partial charge in [-0.1, -0.05) is 19.4 Å². The molecule has 0 heterocycles. The van der Waals surface area contributed by atoms with Gasteiger partial charge in [0.2, 0.25) is 0 Å². The van der Waals surface area contributed by atoms with E-state index in [0.717, 1.165) is 12.0 Å². The zero-order valence-corrected chi connectivity index (χ0v) is 10.5. The SMILES string of the molecule is CCCC1CC1NC(=O)c1ccc(C)c(N)c1. The second kappa shape index (κ2) is 4.78. The first-order valence-corrected chi connectivity index (χ1v) is 6.28. The van der Waals surface area contributed by atoms with E-state index < -0.39 is 0 Å². The van der Waals surface area contributed by atoms with Crippen molar-refractivity contribution in [1.82, 2.24) is 5.32 Å². The van der Waals surface area contributed by atoms with Crippen molar-refractivity contribution in [2.45, 2.75) is 39.2 Å². The van der Waals surface area contributed by atoms with E-state index in [1.807, 2.05) is 19.1 Å².